The zero-order valence-electron chi connectivity index (χ0n) is 22.8. The fourth-order valence-corrected chi connectivity index (χ4v) is 6.08. The molecule has 0 radical (unpaired) electrons. The number of rotatable bonds is 7. The maximum Gasteiger partial charge on any atom is 0.282 e. The second kappa shape index (κ2) is 10.3. The molecule has 1 aliphatic heterocycles. The number of imidazole rings is 1. The van der Waals surface area contributed by atoms with Gasteiger partial charge in [0.05, 0.1) is 36.7 Å². The number of hydrogen-bond acceptors (Lipinski definition) is 7. The number of amides is 2. The number of aromatic nitrogens is 7. The topological polar surface area (TPSA) is 149 Å². The van der Waals surface area contributed by atoms with E-state index in [2.05, 4.69) is 27.0 Å². The van der Waals surface area contributed by atoms with Crippen LogP contribution in [0.15, 0.2) is 30.9 Å². The molecule has 13 heteroatoms. The van der Waals surface area contributed by atoms with Crippen molar-refractivity contribution in [2.24, 2.45) is 17.6 Å². The summed E-state index contributed by atoms with van der Waals surface area (Å²) in [5, 5.41) is 4.43. The van der Waals surface area contributed by atoms with Crippen LogP contribution in [0.3, 0.4) is 0 Å². The van der Waals surface area contributed by atoms with Gasteiger partial charge in [0.2, 0.25) is 0 Å². The standard InChI is InChI=1S/C28H31F2N9O2/c1-3-39-22(23(31)40)19(11-34-39)21(16-6-4-15(2)5-7-16)24-36-25-26(37-24)35-20(12-33-25)18-10-32-9-8-17(18)27(41)38-13-28(29,30)14-38/h8-12,15-16,21H,3-7,13-14H2,1-2H3,(H2,31,40)(H,33,35,36,37)/t15?,16?,21-/m0/s1. The van der Waals surface area contributed by atoms with Crippen LogP contribution in [0.2, 0.25) is 0 Å². The Hall–Kier alpha value is -4.29. The summed E-state index contributed by atoms with van der Waals surface area (Å²) in [6.07, 6.45) is 10.2. The molecule has 0 aromatic carbocycles. The molecule has 1 atom stereocenters. The van der Waals surface area contributed by atoms with Crippen LogP contribution in [-0.2, 0) is 6.54 Å². The van der Waals surface area contributed by atoms with E-state index in [4.69, 9.17) is 15.7 Å². The number of likely N-dealkylation sites (tertiary alicyclic amines) is 1. The van der Waals surface area contributed by atoms with Crippen LogP contribution in [0.5, 0.6) is 0 Å². The van der Waals surface area contributed by atoms with Gasteiger partial charge in [-0.3, -0.25) is 19.3 Å². The molecule has 1 aliphatic carbocycles. The maximum atomic E-state index is 13.4. The first-order chi connectivity index (χ1) is 19.6. The minimum atomic E-state index is -2.87. The summed E-state index contributed by atoms with van der Waals surface area (Å²) in [6, 6.07) is 1.50. The summed E-state index contributed by atoms with van der Waals surface area (Å²) in [7, 11) is 0. The van der Waals surface area contributed by atoms with Crippen molar-refractivity contribution in [3.05, 3.63) is 53.5 Å². The van der Waals surface area contributed by atoms with Gasteiger partial charge < -0.3 is 15.6 Å². The van der Waals surface area contributed by atoms with E-state index in [0.29, 0.717) is 46.5 Å². The molecule has 5 heterocycles. The summed E-state index contributed by atoms with van der Waals surface area (Å²) in [6.45, 7) is 3.41. The quantitative estimate of drug-likeness (QED) is 0.348. The van der Waals surface area contributed by atoms with E-state index >= 15 is 0 Å². The fourth-order valence-electron chi connectivity index (χ4n) is 6.08. The smallest absolute Gasteiger partial charge is 0.282 e. The Kier molecular flexibility index (Phi) is 6.74. The molecular weight excluding hydrogens is 532 g/mol. The number of primary amides is 1. The summed E-state index contributed by atoms with van der Waals surface area (Å²) < 4.78 is 28.5. The predicted molar refractivity (Wildman–Crippen MR) is 145 cm³/mol. The predicted octanol–water partition coefficient (Wildman–Crippen LogP) is 3.78. The molecule has 1 saturated heterocycles. The number of alkyl halides is 2. The average molecular weight is 564 g/mol. The third kappa shape index (κ3) is 4.93. The average Bonchev–Trinajstić information content (AvgIpc) is 3.56. The van der Waals surface area contributed by atoms with Crippen LogP contribution < -0.4 is 5.73 Å². The van der Waals surface area contributed by atoms with E-state index in [1.54, 1.807) is 10.9 Å². The fraction of sp³-hybridized carbons (Fsp3) is 0.464. The Balaban J connectivity index is 1.39. The summed E-state index contributed by atoms with van der Waals surface area (Å²) in [4.78, 5) is 48.1. The number of carbonyl (C=O) groups excluding carboxylic acids is 2. The second-order valence-corrected chi connectivity index (χ2v) is 11.1. The highest BCUT2D eigenvalue weighted by Crippen LogP contribution is 2.42. The number of nitrogens with zero attached hydrogens (tertiary/aromatic N) is 7. The molecule has 0 spiro atoms. The minimum absolute atomic E-state index is 0.205. The number of pyridine rings is 1. The van der Waals surface area contributed by atoms with Crippen LogP contribution >= 0.6 is 0 Å². The SMILES string of the molecule is CCn1ncc([C@@H](c2nc3ncc(-c4cnccc4C(=O)N4CC(F)(F)C4)nc3[nH]2)C2CCC(C)CC2)c1C(N)=O. The van der Waals surface area contributed by atoms with Crippen molar-refractivity contribution in [2.75, 3.05) is 13.1 Å². The number of H-pyrrole nitrogens is 1. The number of aromatic amines is 1. The molecule has 2 fully saturated rings. The highest BCUT2D eigenvalue weighted by atomic mass is 19.3. The molecule has 41 heavy (non-hydrogen) atoms. The first-order valence-electron chi connectivity index (χ1n) is 13.8. The molecule has 4 aromatic heterocycles. The van der Waals surface area contributed by atoms with Gasteiger partial charge in [-0.05, 0) is 37.7 Å². The van der Waals surface area contributed by atoms with Gasteiger partial charge in [-0.25, -0.2) is 23.7 Å². The highest BCUT2D eigenvalue weighted by molar-refractivity contribution is 6.01. The Morgan fingerprint density at radius 2 is 1.90 bits per heavy atom. The minimum Gasteiger partial charge on any atom is -0.364 e. The third-order valence-corrected chi connectivity index (χ3v) is 8.25. The number of hydrogen-bond donors (Lipinski definition) is 2. The van der Waals surface area contributed by atoms with Gasteiger partial charge in [0.15, 0.2) is 11.3 Å². The van der Waals surface area contributed by atoms with Crippen molar-refractivity contribution in [3.8, 4) is 11.3 Å². The third-order valence-electron chi connectivity index (χ3n) is 8.25. The Labute approximate surface area is 234 Å². The molecule has 3 N–H and O–H groups in total. The highest BCUT2D eigenvalue weighted by Gasteiger charge is 2.46. The number of halogens is 2. The lowest BCUT2D eigenvalue weighted by Gasteiger charge is -2.38. The van der Waals surface area contributed by atoms with Gasteiger partial charge in [0.25, 0.3) is 17.7 Å². The Morgan fingerprint density at radius 3 is 2.59 bits per heavy atom. The summed E-state index contributed by atoms with van der Waals surface area (Å²) in [5.41, 5.74) is 8.65. The molecule has 6 rings (SSSR count). The van der Waals surface area contributed by atoms with E-state index < -0.39 is 30.8 Å². The molecule has 4 aromatic rings. The van der Waals surface area contributed by atoms with E-state index in [0.717, 1.165) is 36.1 Å². The summed E-state index contributed by atoms with van der Waals surface area (Å²) in [5.74, 6) is -2.76. The van der Waals surface area contributed by atoms with Crippen molar-refractivity contribution in [1.82, 2.24) is 39.6 Å². The molecule has 214 valence electrons. The maximum absolute atomic E-state index is 13.4. The first kappa shape index (κ1) is 26.9. The van der Waals surface area contributed by atoms with Gasteiger partial charge >= 0.3 is 0 Å². The summed E-state index contributed by atoms with van der Waals surface area (Å²) >= 11 is 0. The number of nitrogens with one attached hydrogen (secondary N) is 1. The second-order valence-electron chi connectivity index (χ2n) is 11.1. The van der Waals surface area contributed by atoms with E-state index in [1.165, 1.54) is 24.7 Å². The number of fused-ring (bicyclic) bond motifs is 1. The normalized spacial score (nSPS) is 21.0. The molecule has 11 nitrogen and oxygen atoms in total. The Morgan fingerprint density at radius 1 is 1.15 bits per heavy atom. The molecular formula is C28H31F2N9O2. The first-order valence-corrected chi connectivity index (χ1v) is 13.8. The lowest BCUT2D eigenvalue weighted by Crippen LogP contribution is -2.58. The number of aryl methyl sites for hydroxylation is 1. The lowest BCUT2D eigenvalue weighted by molar-refractivity contribution is -0.113. The monoisotopic (exact) mass is 563 g/mol. The number of carbonyl (C=O) groups is 2. The zero-order chi connectivity index (χ0) is 28.9. The number of nitrogens with two attached hydrogens (primary N) is 1. The molecule has 0 bridgehead atoms. The van der Waals surface area contributed by atoms with Gasteiger partial charge in [-0.15, -0.1) is 0 Å². The van der Waals surface area contributed by atoms with Crippen molar-refractivity contribution in [3.63, 3.8) is 0 Å². The van der Waals surface area contributed by atoms with E-state index in [9.17, 15) is 18.4 Å². The van der Waals surface area contributed by atoms with E-state index in [-0.39, 0.29) is 17.4 Å². The van der Waals surface area contributed by atoms with Crippen molar-refractivity contribution >= 4 is 23.1 Å². The largest absolute Gasteiger partial charge is 0.364 e. The molecule has 2 aliphatic rings. The Bertz CT molecular complexity index is 1620. The van der Waals surface area contributed by atoms with Gasteiger partial charge in [-0.2, -0.15) is 5.10 Å². The zero-order valence-corrected chi connectivity index (χ0v) is 22.8. The van der Waals surface area contributed by atoms with Crippen LogP contribution in [0, 0.1) is 11.8 Å². The van der Waals surface area contributed by atoms with Crippen LogP contribution in [0.25, 0.3) is 22.6 Å². The van der Waals surface area contributed by atoms with Crippen molar-refractivity contribution in [2.45, 2.75) is 57.9 Å². The van der Waals surface area contributed by atoms with Crippen molar-refractivity contribution in [1.29, 1.82) is 0 Å². The molecule has 2 amide bonds. The van der Waals surface area contributed by atoms with Gasteiger partial charge in [-0.1, -0.05) is 19.8 Å². The molecule has 1 saturated carbocycles. The van der Waals surface area contributed by atoms with Gasteiger partial charge in [0, 0.05) is 36.0 Å². The lowest BCUT2D eigenvalue weighted by atomic mass is 9.73. The van der Waals surface area contributed by atoms with Crippen LogP contribution in [0.1, 0.15) is 77.7 Å². The van der Waals surface area contributed by atoms with Crippen LogP contribution in [0.4, 0.5) is 8.78 Å². The molecule has 0 unspecified atom stereocenters. The van der Waals surface area contributed by atoms with Gasteiger partial charge in [0.1, 0.15) is 11.5 Å². The van der Waals surface area contributed by atoms with E-state index in [1.807, 2.05) is 6.92 Å². The van der Waals surface area contributed by atoms with Crippen molar-refractivity contribution < 1.29 is 18.4 Å². The van der Waals surface area contributed by atoms with Crippen LogP contribution in [-0.4, -0.2) is 70.4 Å².